The Hall–Kier alpha value is -2.61. The van der Waals surface area contributed by atoms with Crippen LogP contribution >= 0.6 is 11.6 Å². The number of hydrogen-bond donors (Lipinski definition) is 2. The maximum absolute atomic E-state index is 14.3. The molecule has 9 heteroatoms. The van der Waals surface area contributed by atoms with Gasteiger partial charge in [0.1, 0.15) is 11.3 Å². The molecule has 1 aromatic heterocycles. The summed E-state index contributed by atoms with van der Waals surface area (Å²) in [4.78, 5) is 27.5. The number of likely N-dealkylation sites (tertiary alicyclic amines) is 1. The third-order valence-corrected chi connectivity index (χ3v) is 6.12. The first-order valence-corrected chi connectivity index (χ1v) is 9.60. The molecule has 0 spiro atoms. The van der Waals surface area contributed by atoms with E-state index in [0.29, 0.717) is 36.2 Å². The van der Waals surface area contributed by atoms with Crippen LogP contribution in [0.3, 0.4) is 0 Å². The Balaban J connectivity index is 1.61. The quantitative estimate of drug-likeness (QED) is 0.592. The Morgan fingerprint density at radius 2 is 2.07 bits per heavy atom. The monoisotopic (exact) mass is 406 g/mol. The van der Waals surface area contributed by atoms with Crippen LogP contribution in [0.4, 0.5) is 9.18 Å². The number of benzene rings is 1. The number of carbonyl (C=O) groups excluding carboxylic acids is 1. The molecule has 148 valence electrons. The van der Waals surface area contributed by atoms with Gasteiger partial charge in [-0.3, -0.25) is 9.89 Å². The molecule has 3 heterocycles. The van der Waals surface area contributed by atoms with E-state index in [1.54, 1.807) is 29.3 Å². The summed E-state index contributed by atoms with van der Waals surface area (Å²) in [6.07, 6.45) is 1.85. The van der Waals surface area contributed by atoms with Crippen LogP contribution in [0, 0.1) is 5.82 Å². The molecule has 0 aliphatic carbocycles. The Kier molecular flexibility index (Phi) is 4.97. The van der Waals surface area contributed by atoms with Crippen LogP contribution in [0.25, 0.3) is 0 Å². The number of carboxylic acid groups (broad SMARTS) is 1. The zero-order valence-electron chi connectivity index (χ0n) is 15.0. The summed E-state index contributed by atoms with van der Waals surface area (Å²) < 4.78 is 14.3. The van der Waals surface area contributed by atoms with Crippen LogP contribution < -0.4 is 0 Å². The number of amides is 2. The molecule has 1 saturated heterocycles. The molecule has 1 aromatic carbocycles. The topological polar surface area (TPSA) is 89.5 Å². The van der Waals surface area contributed by atoms with Crippen LogP contribution in [0.5, 0.6) is 0 Å². The fraction of sp³-hybridized carbons (Fsp3) is 0.421. The van der Waals surface area contributed by atoms with E-state index in [4.69, 9.17) is 11.6 Å². The normalized spacial score (nSPS) is 24.7. The first-order chi connectivity index (χ1) is 13.5. The number of nitrogens with one attached hydrogen (secondary N) is 1. The van der Waals surface area contributed by atoms with Crippen molar-refractivity contribution < 1.29 is 19.1 Å². The van der Waals surface area contributed by atoms with Gasteiger partial charge in [0.2, 0.25) is 5.91 Å². The van der Waals surface area contributed by atoms with E-state index in [9.17, 15) is 19.1 Å². The minimum absolute atomic E-state index is 0.0468. The summed E-state index contributed by atoms with van der Waals surface area (Å²) in [5.41, 5.74) is 1.11. The Morgan fingerprint density at radius 3 is 2.82 bits per heavy atom. The minimum Gasteiger partial charge on any atom is -0.465 e. The van der Waals surface area contributed by atoms with Gasteiger partial charge in [0.15, 0.2) is 0 Å². The number of carbonyl (C=O) groups is 2. The van der Waals surface area contributed by atoms with Crippen LogP contribution in [-0.2, 0) is 11.3 Å². The molecule has 0 radical (unpaired) electrons. The first kappa shape index (κ1) is 18.7. The summed E-state index contributed by atoms with van der Waals surface area (Å²) in [6, 6.07) is 6.47. The van der Waals surface area contributed by atoms with E-state index in [1.165, 1.54) is 11.0 Å². The SMILES string of the molecule is O=C(O)N1Cc2[nH]ncc2C(C(=O)N2CCCC(c3ccccc3F)C2Cl)C1. The van der Waals surface area contributed by atoms with Crippen molar-refractivity contribution in [2.24, 2.45) is 0 Å². The highest BCUT2D eigenvalue weighted by Crippen LogP contribution is 2.38. The molecular formula is C19H20ClFN4O3. The zero-order valence-corrected chi connectivity index (χ0v) is 15.8. The van der Waals surface area contributed by atoms with E-state index in [0.717, 1.165) is 0 Å². The largest absolute Gasteiger partial charge is 0.465 e. The predicted octanol–water partition coefficient (Wildman–Crippen LogP) is 3.10. The van der Waals surface area contributed by atoms with Gasteiger partial charge >= 0.3 is 6.09 Å². The fourth-order valence-corrected chi connectivity index (χ4v) is 4.61. The molecule has 0 bridgehead atoms. The van der Waals surface area contributed by atoms with Crippen molar-refractivity contribution in [2.45, 2.75) is 36.7 Å². The number of H-pyrrole nitrogens is 1. The molecule has 2 aromatic rings. The number of rotatable bonds is 2. The number of alkyl halides is 1. The maximum atomic E-state index is 14.3. The lowest BCUT2D eigenvalue weighted by Gasteiger charge is -2.41. The summed E-state index contributed by atoms with van der Waals surface area (Å²) in [5, 5.41) is 16.1. The molecule has 7 nitrogen and oxygen atoms in total. The highest BCUT2D eigenvalue weighted by atomic mass is 35.5. The molecule has 4 rings (SSSR count). The number of aromatic nitrogens is 2. The summed E-state index contributed by atoms with van der Waals surface area (Å²) in [6.45, 7) is 0.663. The van der Waals surface area contributed by atoms with Gasteiger partial charge in [-0.1, -0.05) is 29.8 Å². The summed E-state index contributed by atoms with van der Waals surface area (Å²) in [7, 11) is 0. The molecular weight excluding hydrogens is 387 g/mol. The number of piperidine rings is 1. The predicted molar refractivity (Wildman–Crippen MR) is 99.5 cm³/mol. The summed E-state index contributed by atoms with van der Waals surface area (Å²) >= 11 is 6.65. The second-order valence-electron chi connectivity index (χ2n) is 7.19. The van der Waals surface area contributed by atoms with Crippen molar-refractivity contribution in [3.63, 3.8) is 0 Å². The number of fused-ring (bicyclic) bond motifs is 1. The molecule has 2 aliphatic rings. The van der Waals surface area contributed by atoms with E-state index >= 15 is 0 Å². The highest BCUT2D eigenvalue weighted by Gasteiger charge is 2.41. The Bertz CT molecular complexity index is 905. The number of nitrogens with zero attached hydrogens (tertiary/aromatic N) is 3. The van der Waals surface area contributed by atoms with Gasteiger partial charge < -0.3 is 14.9 Å². The van der Waals surface area contributed by atoms with E-state index in [-0.39, 0.29) is 30.7 Å². The van der Waals surface area contributed by atoms with Gasteiger partial charge in [-0.25, -0.2) is 9.18 Å². The average molecular weight is 407 g/mol. The third-order valence-electron chi connectivity index (χ3n) is 5.58. The standard InChI is InChI=1S/C19H20ClFN4O3/c20-17-12(11-4-1-2-6-15(11)21)5-3-7-25(17)18(26)14-9-24(19(27)28)10-16-13(14)8-22-23-16/h1-2,4,6,8,12,14,17H,3,5,7,9-10H2,(H,22,23)(H,27,28). The number of halogens is 2. The van der Waals surface area contributed by atoms with Crippen LogP contribution in [0.2, 0.25) is 0 Å². The molecule has 0 saturated carbocycles. The molecule has 2 N–H and O–H groups in total. The summed E-state index contributed by atoms with van der Waals surface area (Å²) in [5.74, 6) is -1.59. The molecule has 3 unspecified atom stereocenters. The van der Waals surface area contributed by atoms with Crippen molar-refractivity contribution >= 4 is 23.6 Å². The van der Waals surface area contributed by atoms with Crippen LogP contribution in [0.1, 0.15) is 41.5 Å². The molecule has 1 fully saturated rings. The van der Waals surface area contributed by atoms with Crippen molar-refractivity contribution in [3.05, 3.63) is 53.1 Å². The first-order valence-electron chi connectivity index (χ1n) is 9.16. The number of aromatic amines is 1. The maximum Gasteiger partial charge on any atom is 0.407 e. The van der Waals surface area contributed by atoms with Crippen LogP contribution in [0.15, 0.2) is 30.5 Å². The van der Waals surface area contributed by atoms with Crippen molar-refractivity contribution in [1.82, 2.24) is 20.0 Å². The van der Waals surface area contributed by atoms with Crippen LogP contribution in [-0.4, -0.2) is 55.7 Å². The Morgan fingerprint density at radius 1 is 1.29 bits per heavy atom. The van der Waals surface area contributed by atoms with E-state index in [1.807, 2.05) is 0 Å². The minimum atomic E-state index is -1.09. The van der Waals surface area contributed by atoms with E-state index in [2.05, 4.69) is 10.2 Å². The molecule has 3 atom stereocenters. The third kappa shape index (κ3) is 3.22. The number of hydrogen-bond acceptors (Lipinski definition) is 3. The lowest BCUT2D eigenvalue weighted by Crippen LogP contribution is -2.50. The van der Waals surface area contributed by atoms with Gasteiger partial charge in [0.25, 0.3) is 0 Å². The van der Waals surface area contributed by atoms with E-state index < -0.39 is 17.5 Å². The van der Waals surface area contributed by atoms with Crippen molar-refractivity contribution in [2.75, 3.05) is 13.1 Å². The van der Waals surface area contributed by atoms with Gasteiger partial charge in [0, 0.05) is 24.6 Å². The Labute approximate surface area is 166 Å². The highest BCUT2D eigenvalue weighted by molar-refractivity contribution is 6.22. The molecule has 2 amide bonds. The van der Waals surface area contributed by atoms with Gasteiger partial charge in [-0.2, -0.15) is 5.10 Å². The van der Waals surface area contributed by atoms with Gasteiger partial charge in [0.05, 0.1) is 24.4 Å². The average Bonchev–Trinajstić information content (AvgIpc) is 3.16. The fourth-order valence-electron chi connectivity index (χ4n) is 4.15. The molecule has 2 aliphatic heterocycles. The zero-order chi connectivity index (χ0) is 19.8. The second kappa shape index (κ2) is 7.43. The van der Waals surface area contributed by atoms with Crippen molar-refractivity contribution in [3.8, 4) is 0 Å². The lowest BCUT2D eigenvalue weighted by atomic mass is 9.87. The lowest BCUT2D eigenvalue weighted by molar-refractivity contribution is -0.135. The van der Waals surface area contributed by atoms with Gasteiger partial charge in [-0.05, 0) is 24.5 Å². The smallest absolute Gasteiger partial charge is 0.407 e. The van der Waals surface area contributed by atoms with Gasteiger partial charge in [-0.15, -0.1) is 0 Å². The second-order valence-corrected chi connectivity index (χ2v) is 7.64. The van der Waals surface area contributed by atoms with Crippen molar-refractivity contribution in [1.29, 1.82) is 0 Å². The molecule has 28 heavy (non-hydrogen) atoms.